The van der Waals surface area contributed by atoms with Gasteiger partial charge in [-0.25, -0.2) is 8.42 Å². The number of piperidine rings is 1. The number of hydrogen-bond acceptors (Lipinski definition) is 4. The van der Waals surface area contributed by atoms with E-state index in [2.05, 4.69) is 5.32 Å². The van der Waals surface area contributed by atoms with Crippen LogP contribution in [0.1, 0.15) is 12.8 Å². The van der Waals surface area contributed by atoms with Crippen LogP contribution < -0.4 is 5.32 Å². The minimum atomic E-state index is -3.06. The average Bonchev–Trinajstić information content (AvgIpc) is 2.31. The molecule has 2 aliphatic rings. The first kappa shape index (κ1) is 15.2. The summed E-state index contributed by atoms with van der Waals surface area (Å²) in [4.78, 5) is 0. The maximum Gasteiger partial charge on any atom is 0.214 e. The van der Waals surface area contributed by atoms with Gasteiger partial charge in [0.2, 0.25) is 10.0 Å². The van der Waals surface area contributed by atoms with Crippen LogP contribution in [0.3, 0.4) is 0 Å². The fraction of sp³-hybridized carbons (Fsp3) is 1.00. The van der Waals surface area contributed by atoms with Crippen molar-refractivity contribution < 1.29 is 13.2 Å². The van der Waals surface area contributed by atoms with Gasteiger partial charge in [0.25, 0.3) is 0 Å². The number of ether oxygens (including phenoxy) is 1. The molecule has 0 spiro atoms. The van der Waals surface area contributed by atoms with Gasteiger partial charge < -0.3 is 10.1 Å². The fourth-order valence-electron chi connectivity index (χ4n) is 2.28. The molecule has 2 rings (SSSR count). The van der Waals surface area contributed by atoms with Gasteiger partial charge in [-0.1, -0.05) is 0 Å². The maximum atomic E-state index is 12.1. The monoisotopic (exact) mass is 284 g/mol. The van der Waals surface area contributed by atoms with Gasteiger partial charge >= 0.3 is 0 Å². The zero-order valence-electron chi connectivity index (χ0n) is 9.93. The van der Waals surface area contributed by atoms with E-state index in [4.69, 9.17) is 4.74 Å². The molecule has 0 bridgehead atoms. The van der Waals surface area contributed by atoms with Gasteiger partial charge in [0.05, 0.1) is 19.0 Å². The second-order valence-corrected chi connectivity index (χ2v) is 6.50. The topological polar surface area (TPSA) is 58.6 Å². The van der Waals surface area contributed by atoms with E-state index in [1.807, 2.05) is 0 Å². The average molecular weight is 285 g/mol. The van der Waals surface area contributed by atoms with E-state index >= 15 is 0 Å². The van der Waals surface area contributed by atoms with Gasteiger partial charge in [-0.2, -0.15) is 4.31 Å². The number of sulfonamides is 1. The summed E-state index contributed by atoms with van der Waals surface area (Å²) in [5, 5.41) is 3.25. The van der Waals surface area contributed by atoms with Crippen molar-refractivity contribution >= 4 is 22.4 Å². The summed E-state index contributed by atoms with van der Waals surface area (Å²) in [6, 6.07) is 0. The molecular formula is C10H21ClN2O3S. The Kier molecular flexibility index (Phi) is 6.16. The van der Waals surface area contributed by atoms with Crippen molar-refractivity contribution in [1.29, 1.82) is 0 Å². The molecule has 2 heterocycles. The third-order valence-electron chi connectivity index (χ3n) is 3.27. The summed E-state index contributed by atoms with van der Waals surface area (Å²) in [6.07, 6.45) is 1.95. The van der Waals surface area contributed by atoms with E-state index in [-0.39, 0.29) is 12.4 Å². The van der Waals surface area contributed by atoms with Crippen molar-refractivity contribution in [1.82, 2.24) is 9.62 Å². The van der Waals surface area contributed by atoms with E-state index in [0.717, 1.165) is 25.9 Å². The summed E-state index contributed by atoms with van der Waals surface area (Å²) in [5.41, 5.74) is 0. The standard InChI is InChI=1S/C10H20N2O3S.ClH/c13-16(14,12-5-7-15-8-6-12)9-10-1-3-11-4-2-10;/h10-11H,1-9H2;1H. The summed E-state index contributed by atoms with van der Waals surface area (Å²) < 4.78 is 31.0. The Morgan fingerprint density at radius 2 is 1.76 bits per heavy atom. The number of nitrogens with one attached hydrogen (secondary N) is 1. The van der Waals surface area contributed by atoms with E-state index < -0.39 is 10.0 Å². The second-order valence-electron chi connectivity index (χ2n) is 4.48. The highest BCUT2D eigenvalue weighted by atomic mass is 35.5. The van der Waals surface area contributed by atoms with Crippen LogP contribution in [0.25, 0.3) is 0 Å². The molecule has 2 fully saturated rings. The molecule has 0 aromatic rings. The van der Waals surface area contributed by atoms with Gasteiger partial charge in [0.15, 0.2) is 0 Å². The van der Waals surface area contributed by atoms with Crippen molar-refractivity contribution in [3.05, 3.63) is 0 Å². The van der Waals surface area contributed by atoms with Crippen molar-refractivity contribution in [2.45, 2.75) is 12.8 Å². The smallest absolute Gasteiger partial charge is 0.214 e. The molecule has 0 unspecified atom stereocenters. The first-order valence-electron chi connectivity index (χ1n) is 5.95. The molecular weight excluding hydrogens is 264 g/mol. The van der Waals surface area contributed by atoms with Gasteiger partial charge in [-0.05, 0) is 31.8 Å². The highest BCUT2D eigenvalue weighted by Gasteiger charge is 2.28. The third kappa shape index (κ3) is 4.37. The minimum Gasteiger partial charge on any atom is -0.379 e. The summed E-state index contributed by atoms with van der Waals surface area (Å²) >= 11 is 0. The van der Waals surface area contributed by atoms with Crippen LogP contribution >= 0.6 is 12.4 Å². The maximum absolute atomic E-state index is 12.1. The molecule has 0 atom stereocenters. The predicted molar refractivity (Wildman–Crippen MR) is 69.0 cm³/mol. The van der Waals surface area contributed by atoms with Gasteiger partial charge in [0.1, 0.15) is 0 Å². The van der Waals surface area contributed by atoms with Crippen molar-refractivity contribution in [3.8, 4) is 0 Å². The van der Waals surface area contributed by atoms with E-state index in [1.54, 1.807) is 4.31 Å². The SMILES string of the molecule is Cl.O=S(=O)(CC1CCNCC1)N1CCOCC1. The Bertz CT molecular complexity index is 312. The highest BCUT2D eigenvalue weighted by Crippen LogP contribution is 2.17. The van der Waals surface area contributed by atoms with Gasteiger partial charge in [-0.3, -0.25) is 0 Å². The second kappa shape index (κ2) is 6.89. The first-order valence-corrected chi connectivity index (χ1v) is 7.56. The summed E-state index contributed by atoms with van der Waals surface area (Å²) in [7, 11) is -3.06. The van der Waals surface area contributed by atoms with Gasteiger partial charge in [-0.15, -0.1) is 12.4 Å². The largest absolute Gasteiger partial charge is 0.379 e. The molecule has 0 aliphatic carbocycles. The van der Waals surface area contributed by atoms with Crippen LogP contribution in [-0.4, -0.2) is 57.9 Å². The Balaban J connectivity index is 0.00000144. The van der Waals surface area contributed by atoms with Crippen LogP contribution in [0.5, 0.6) is 0 Å². The normalized spacial score (nSPS) is 24.2. The molecule has 0 radical (unpaired) electrons. The van der Waals surface area contributed by atoms with Crippen molar-refractivity contribution in [3.63, 3.8) is 0 Å². The van der Waals surface area contributed by atoms with Crippen LogP contribution in [0.2, 0.25) is 0 Å². The number of nitrogens with zero attached hydrogens (tertiary/aromatic N) is 1. The molecule has 0 aromatic carbocycles. The van der Waals surface area contributed by atoms with Crippen LogP contribution in [-0.2, 0) is 14.8 Å². The number of hydrogen-bond donors (Lipinski definition) is 1. The Labute approximate surface area is 109 Å². The molecule has 102 valence electrons. The van der Waals surface area contributed by atoms with Crippen molar-refractivity contribution in [2.75, 3.05) is 45.1 Å². The molecule has 2 aliphatic heterocycles. The Hall–Kier alpha value is 0.120. The zero-order chi connectivity index (χ0) is 11.4. The molecule has 2 saturated heterocycles. The van der Waals surface area contributed by atoms with Gasteiger partial charge in [0, 0.05) is 13.1 Å². The molecule has 0 aromatic heterocycles. The summed E-state index contributed by atoms with van der Waals surface area (Å²) in [5.74, 6) is 0.642. The zero-order valence-corrected chi connectivity index (χ0v) is 11.6. The molecule has 0 saturated carbocycles. The van der Waals surface area contributed by atoms with E-state index in [0.29, 0.717) is 38.0 Å². The van der Waals surface area contributed by atoms with Crippen LogP contribution in [0.15, 0.2) is 0 Å². The third-order valence-corrected chi connectivity index (χ3v) is 5.31. The van der Waals surface area contributed by atoms with Crippen molar-refractivity contribution in [2.24, 2.45) is 5.92 Å². The molecule has 5 nitrogen and oxygen atoms in total. The first-order chi connectivity index (χ1) is 7.68. The lowest BCUT2D eigenvalue weighted by atomic mass is 10.0. The Morgan fingerprint density at radius 1 is 1.18 bits per heavy atom. The fourth-order valence-corrected chi connectivity index (χ4v) is 4.12. The minimum absolute atomic E-state index is 0. The highest BCUT2D eigenvalue weighted by molar-refractivity contribution is 7.89. The lowest BCUT2D eigenvalue weighted by molar-refractivity contribution is 0.0728. The number of rotatable bonds is 3. The van der Waals surface area contributed by atoms with E-state index in [1.165, 1.54) is 0 Å². The molecule has 17 heavy (non-hydrogen) atoms. The predicted octanol–water partition coefficient (Wildman–Crippen LogP) is 0.0698. The lowest BCUT2D eigenvalue weighted by Gasteiger charge is -2.29. The molecule has 0 amide bonds. The van der Waals surface area contributed by atoms with E-state index in [9.17, 15) is 8.42 Å². The lowest BCUT2D eigenvalue weighted by Crippen LogP contribution is -2.44. The number of morpholine rings is 1. The molecule has 1 N–H and O–H groups in total. The quantitative estimate of drug-likeness (QED) is 0.797. The van der Waals surface area contributed by atoms with Crippen LogP contribution in [0.4, 0.5) is 0 Å². The molecule has 7 heteroatoms. The van der Waals surface area contributed by atoms with Crippen LogP contribution in [0, 0.1) is 5.92 Å². The summed E-state index contributed by atoms with van der Waals surface area (Å²) in [6.45, 7) is 4.00. The number of halogens is 1. The Morgan fingerprint density at radius 3 is 2.35 bits per heavy atom.